The Morgan fingerprint density at radius 2 is 1.21 bits per heavy atom. The van der Waals surface area contributed by atoms with Crippen LogP contribution >= 0.6 is 0 Å². The molecule has 0 atom stereocenters. The summed E-state index contributed by atoms with van der Waals surface area (Å²) >= 11 is 0. The van der Waals surface area contributed by atoms with Crippen molar-refractivity contribution in [3.8, 4) is 0 Å². The zero-order valence-corrected chi connectivity index (χ0v) is 17.5. The molecule has 6 heteroatoms. The largest absolute Gasteiger partial charge is 0.369 e. The molecule has 6 nitrogen and oxygen atoms in total. The summed E-state index contributed by atoms with van der Waals surface area (Å²) in [5.41, 5.74) is 4.58. The zero-order valence-electron chi connectivity index (χ0n) is 17.5. The Kier molecular flexibility index (Phi) is 5.90. The molecule has 2 heterocycles. The van der Waals surface area contributed by atoms with Crippen molar-refractivity contribution in [2.45, 2.75) is 6.92 Å². The molecule has 0 bridgehead atoms. The van der Waals surface area contributed by atoms with Crippen LogP contribution in [0.1, 0.15) is 5.56 Å². The lowest BCUT2D eigenvalue weighted by atomic mass is 10.2. The number of carbonyl (C=O) groups is 1. The number of amides is 2. The van der Waals surface area contributed by atoms with Gasteiger partial charge in [0, 0.05) is 69.4 Å². The standard InChI is InChI=1S/C23H31N5O/c1-19-3-7-21(8-4-19)27-15-17-28(18-16-27)23(29)24-20-5-9-22(10-6-20)26-13-11-25(2)12-14-26/h3-10H,11-18H2,1-2H3,(H,24,29). The fourth-order valence-corrected chi connectivity index (χ4v) is 3.95. The molecule has 0 saturated carbocycles. The molecule has 0 aliphatic carbocycles. The Labute approximate surface area is 173 Å². The second kappa shape index (κ2) is 8.74. The van der Waals surface area contributed by atoms with Crippen molar-refractivity contribution in [1.29, 1.82) is 0 Å². The first-order valence-corrected chi connectivity index (χ1v) is 10.5. The number of piperazine rings is 2. The van der Waals surface area contributed by atoms with Gasteiger partial charge in [-0.3, -0.25) is 0 Å². The fraction of sp³-hybridized carbons (Fsp3) is 0.435. The van der Waals surface area contributed by atoms with Crippen molar-refractivity contribution in [2.75, 3.05) is 74.5 Å². The molecule has 2 aromatic carbocycles. The molecule has 2 fully saturated rings. The van der Waals surface area contributed by atoms with Gasteiger partial charge in [0.1, 0.15) is 0 Å². The van der Waals surface area contributed by atoms with Gasteiger partial charge >= 0.3 is 6.03 Å². The van der Waals surface area contributed by atoms with Gasteiger partial charge in [-0.2, -0.15) is 0 Å². The minimum absolute atomic E-state index is 0.0131. The number of urea groups is 1. The summed E-state index contributed by atoms with van der Waals surface area (Å²) < 4.78 is 0. The van der Waals surface area contributed by atoms with Gasteiger partial charge in [0.15, 0.2) is 0 Å². The van der Waals surface area contributed by atoms with Crippen LogP contribution in [0.3, 0.4) is 0 Å². The third kappa shape index (κ3) is 4.82. The number of benzene rings is 2. The molecule has 2 aliphatic heterocycles. The Morgan fingerprint density at radius 1 is 0.724 bits per heavy atom. The van der Waals surface area contributed by atoms with Crippen LogP contribution in [0.4, 0.5) is 21.9 Å². The van der Waals surface area contributed by atoms with E-state index in [2.05, 4.69) is 70.4 Å². The topological polar surface area (TPSA) is 42.1 Å². The summed E-state index contributed by atoms with van der Waals surface area (Å²) in [6, 6.07) is 16.8. The molecule has 1 N–H and O–H groups in total. The average molecular weight is 394 g/mol. The number of hydrogen-bond acceptors (Lipinski definition) is 4. The predicted molar refractivity (Wildman–Crippen MR) is 120 cm³/mol. The molecular formula is C23H31N5O. The minimum atomic E-state index is -0.0131. The van der Waals surface area contributed by atoms with E-state index in [9.17, 15) is 4.79 Å². The maximum Gasteiger partial charge on any atom is 0.321 e. The number of anilines is 3. The van der Waals surface area contributed by atoms with E-state index in [1.54, 1.807) is 0 Å². The molecule has 2 aliphatic rings. The van der Waals surface area contributed by atoms with E-state index in [-0.39, 0.29) is 6.03 Å². The highest BCUT2D eigenvalue weighted by Crippen LogP contribution is 2.21. The van der Waals surface area contributed by atoms with Gasteiger partial charge in [0.05, 0.1) is 0 Å². The normalized spacial score (nSPS) is 18.1. The van der Waals surface area contributed by atoms with Gasteiger partial charge in [-0.15, -0.1) is 0 Å². The number of nitrogens with one attached hydrogen (secondary N) is 1. The number of hydrogen-bond donors (Lipinski definition) is 1. The average Bonchev–Trinajstić information content (AvgIpc) is 2.76. The molecule has 29 heavy (non-hydrogen) atoms. The Balaban J connectivity index is 1.28. The summed E-state index contributed by atoms with van der Waals surface area (Å²) in [5.74, 6) is 0. The smallest absolute Gasteiger partial charge is 0.321 e. The van der Waals surface area contributed by atoms with Gasteiger partial charge in [-0.25, -0.2) is 4.79 Å². The van der Waals surface area contributed by atoms with Crippen LogP contribution in [0.25, 0.3) is 0 Å². The summed E-state index contributed by atoms with van der Waals surface area (Å²) in [6.07, 6.45) is 0. The number of carbonyl (C=O) groups excluding carboxylic acids is 1. The Bertz CT molecular complexity index is 804. The maximum atomic E-state index is 12.7. The first-order valence-electron chi connectivity index (χ1n) is 10.5. The molecule has 2 aromatic rings. The van der Waals surface area contributed by atoms with Gasteiger partial charge in [0.2, 0.25) is 0 Å². The molecule has 0 aromatic heterocycles. The second-order valence-electron chi connectivity index (χ2n) is 8.08. The lowest BCUT2D eigenvalue weighted by molar-refractivity contribution is 0.208. The van der Waals surface area contributed by atoms with Crippen LogP contribution in [-0.4, -0.2) is 75.2 Å². The molecule has 2 saturated heterocycles. The van der Waals surface area contributed by atoms with E-state index >= 15 is 0 Å². The van der Waals surface area contributed by atoms with E-state index in [4.69, 9.17) is 0 Å². The maximum absolute atomic E-state index is 12.7. The van der Waals surface area contributed by atoms with E-state index < -0.39 is 0 Å². The highest BCUT2D eigenvalue weighted by atomic mass is 16.2. The summed E-state index contributed by atoms with van der Waals surface area (Å²) in [7, 11) is 2.16. The molecule has 2 amide bonds. The molecule has 4 rings (SSSR count). The van der Waals surface area contributed by atoms with E-state index in [0.717, 1.165) is 58.0 Å². The van der Waals surface area contributed by atoms with Crippen LogP contribution in [-0.2, 0) is 0 Å². The quantitative estimate of drug-likeness (QED) is 0.870. The second-order valence-corrected chi connectivity index (χ2v) is 8.08. The van der Waals surface area contributed by atoms with Crippen molar-refractivity contribution < 1.29 is 4.79 Å². The highest BCUT2D eigenvalue weighted by Gasteiger charge is 2.21. The van der Waals surface area contributed by atoms with Gasteiger partial charge in [-0.1, -0.05) is 17.7 Å². The van der Waals surface area contributed by atoms with Gasteiger partial charge < -0.3 is 24.9 Å². The van der Waals surface area contributed by atoms with Crippen molar-refractivity contribution in [2.24, 2.45) is 0 Å². The van der Waals surface area contributed by atoms with Crippen LogP contribution in [0.5, 0.6) is 0 Å². The molecular weight excluding hydrogens is 362 g/mol. The Morgan fingerprint density at radius 3 is 1.76 bits per heavy atom. The van der Waals surface area contributed by atoms with E-state index in [0.29, 0.717) is 0 Å². The van der Waals surface area contributed by atoms with Crippen LogP contribution in [0, 0.1) is 6.92 Å². The van der Waals surface area contributed by atoms with Crippen LogP contribution in [0.15, 0.2) is 48.5 Å². The lowest BCUT2D eigenvalue weighted by Gasteiger charge is -2.36. The van der Waals surface area contributed by atoms with Crippen molar-refractivity contribution in [3.05, 3.63) is 54.1 Å². The third-order valence-electron chi connectivity index (χ3n) is 5.95. The van der Waals surface area contributed by atoms with Crippen molar-refractivity contribution in [3.63, 3.8) is 0 Å². The van der Waals surface area contributed by atoms with E-state index in [1.807, 2.05) is 17.0 Å². The summed E-state index contributed by atoms with van der Waals surface area (Å²) in [5, 5.41) is 3.05. The highest BCUT2D eigenvalue weighted by molar-refractivity contribution is 5.89. The third-order valence-corrected chi connectivity index (χ3v) is 5.95. The monoisotopic (exact) mass is 393 g/mol. The first kappa shape index (κ1) is 19.6. The fourth-order valence-electron chi connectivity index (χ4n) is 3.95. The van der Waals surface area contributed by atoms with E-state index in [1.165, 1.54) is 16.9 Å². The first-order chi connectivity index (χ1) is 14.1. The van der Waals surface area contributed by atoms with Gasteiger partial charge in [0.25, 0.3) is 0 Å². The SMILES string of the molecule is Cc1ccc(N2CCN(C(=O)Nc3ccc(N4CCN(C)CC4)cc3)CC2)cc1. The van der Waals surface area contributed by atoms with Gasteiger partial charge in [-0.05, 0) is 50.4 Å². The number of aryl methyl sites for hydroxylation is 1. The number of rotatable bonds is 3. The molecule has 0 radical (unpaired) electrons. The number of likely N-dealkylation sites (N-methyl/N-ethyl adjacent to an activating group) is 1. The molecule has 154 valence electrons. The molecule has 0 spiro atoms. The van der Waals surface area contributed by atoms with Crippen LogP contribution < -0.4 is 15.1 Å². The zero-order chi connectivity index (χ0) is 20.2. The Hall–Kier alpha value is -2.73. The number of nitrogens with zero attached hydrogens (tertiary/aromatic N) is 4. The minimum Gasteiger partial charge on any atom is -0.369 e. The molecule has 0 unspecified atom stereocenters. The van der Waals surface area contributed by atoms with Crippen molar-refractivity contribution >= 4 is 23.1 Å². The lowest BCUT2D eigenvalue weighted by Crippen LogP contribution is -2.50. The van der Waals surface area contributed by atoms with Crippen LogP contribution in [0.2, 0.25) is 0 Å². The van der Waals surface area contributed by atoms with Crippen molar-refractivity contribution in [1.82, 2.24) is 9.80 Å². The predicted octanol–water partition coefficient (Wildman–Crippen LogP) is 3.10. The summed E-state index contributed by atoms with van der Waals surface area (Å²) in [4.78, 5) is 21.7. The summed E-state index contributed by atoms with van der Waals surface area (Å²) in [6.45, 7) is 9.57.